The molecule has 1 aromatic rings. The number of carbonyl (C=O) groups excluding carboxylic acids is 1. The van der Waals surface area contributed by atoms with Crippen molar-refractivity contribution in [1.29, 1.82) is 0 Å². The maximum absolute atomic E-state index is 11.3. The molecule has 0 amide bonds. The zero-order valence-electron chi connectivity index (χ0n) is 6.90. The molecule has 0 unspecified atom stereocenters. The van der Waals surface area contributed by atoms with Gasteiger partial charge in [0.2, 0.25) is 5.12 Å². The number of carboxylic acid groups (broad SMARTS) is 1. The van der Waals surface area contributed by atoms with E-state index in [2.05, 4.69) is 9.97 Å². The number of carboxylic acids is 1. The van der Waals surface area contributed by atoms with Crippen LogP contribution in [0.1, 0.15) is 27.9 Å². The Bertz CT molecular complexity index is 334. The zero-order valence-corrected chi connectivity index (χ0v) is 7.72. The third-order valence-corrected chi connectivity index (χ3v) is 2.08. The monoisotopic (exact) mass is 200 g/mol. The Morgan fingerprint density at radius 1 is 1.69 bits per heavy atom. The summed E-state index contributed by atoms with van der Waals surface area (Å²) in [4.78, 5) is 27.8. The van der Waals surface area contributed by atoms with E-state index in [0.29, 0.717) is 5.75 Å². The van der Waals surface area contributed by atoms with Gasteiger partial charge in [0, 0.05) is 0 Å². The SMILES string of the molecule is CCSC(=O)c1[nH]cnc1C(=O)O. The molecular formula is C7H8N2O3S. The first-order chi connectivity index (χ1) is 6.16. The van der Waals surface area contributed by atoms with Crippen LogP contribution in [0.2, 0.25) is 0 Å². The van der Waals surface area contributed by atoms with Crippen LogP contribution in [0.4, 0.5) is 0 Å². The molecule has 0 saturated heterocycles. The van der Waals surface area contributed by atoms with E-state index in [9.17, 15) is 9.59 Å². The number of aromatic amines is 1. The smallest absolute Gasteiger partial charge is 0.356 e. The van der Waals surface area contributed by atoms with Crippen molar-refractivity contribution in [3.05, 3.63) is 17.7 Å². The molecular weight excluding hydrogens is 192 g/mol. The number of hydrogen-bond acceptors (Lipinski definition) is 4. The lowest BCUT2D eigenvalue weighted by Crippen LogP contribution is -2.05. The molecule has 13 heavy (non-hydrogen) atoms. The number of thioether (sulfide) groups is 1. The Morgan fingerprint density at radius 2 is 2.38 bits per heavy atom. The van der Waals surface area contributed by atoms with Crippen molar-refractivity contribution >= 4 is 22.8 Å². The number of H-pyrrole nitrogens is 1. The van der Waals surface area contributed by atoms with E-state index in [1.54, 1.807) is 0 Å². The number of rotatable bonds is 3. The quantitative estimate of drug-likeness (QED) is 0.760. The molecule has 0 aliphatic carbocycles. The third-order valence-electron chi connectivity index (χ3n) is 1.32. The number of carbonyl (C=O) groups is 2. The molecule has 1 rings (SSSR count). The number of nitrogens with zero attached hydrogens (tertiary/aromatic N) is 1. The first kappa shape index (κ1) is 9.79. The van der Waals surface area contributed by atoms with Crippen molar-refractivity contribution in [3.8, 4) is 0 Å². The zero-order chi connectivity index (χ0) is 9.84. The molecule has 70 valence electrons. The molecule has 1 heterocycles. The molecule has 0 aliphatic rings. The first-order valence-electron chi connectivity index (χ1n) is 3.60. The molecule has 0 bridgehead atoms. The van der Waals surface area contributed by atoms with E-state index in [4.69, 9.17) is 5.11 Å². The standard InChI is InChI=1S/C7H8N2O3S/c1-2-13-7(12)5-4(6(10)11)8-3-9-5/h3H,2H2,1H3,(H,8,9)(H,10,11). The first-order valence-corrected chi connectivity index (χ1v) is 4.59. The van der Waals surface area contributed by atoms with Crippen LogP contribution in [-0.2, 0) is 0 Å². The molecule has 0 atom stereocenters. The second-order valence-electron chi connectivity index (χ2n) is 2.15. The van der Waals surface area contributed by atoms with Gasteiger partial charge in [-0.25, -0.2) is 9.78 Å². The van der Waals surface area contributed by atoms with Gasteiger partial charge in [-0.1, -0.05) is 18.7 Å². The lowest BCUT2D eigenvalue weighted by atomic mass is 10.3. The number of aromatic nitrogens is 2. The van der Waals surface area contributed by atoms with Crippen LogP contribution in [0.5, 0.6) is 0 Å². The van der Waals surface area contributed by atoms with E-state index in [-0.39, 0.29) is 16.5 Å². The predicted octanol–water partition coefficient (Wildman–Crippen LogP) is 1.00. The van der Waals surface area contributed by atoms with Gasteiger partial charge in [-0.2, -0.15) is 0 Å². The fourth-order valence-electron chi connectivity index (χ4n) is 0.815. The Kier molecular flexibility index (Phi) is 3.07. The normalized spacial score (nSPS) is 9.92. The summed E-state index contributed by atoms with van der Waals surface area (Å²) in [6.45, 7) is 1.82. The van der Waals surface area contributed by atoms with Crippen molar-refractivity contribution in [1.82, 2.24) is 9.97 Å². The van der Waals surface area contributed by atoms with Gasteiger partial charge in [-0.3, -0.25) is 4.79 Å². The Labute approximate surface area is 78.6 Å². The minimum Gasteiger partial charge on any atom is -0.476 e. The van der Waals surface area contributed by atoms with E-state index in [1.807, 2.05) is 6.92 Å². The van der Waals surface area contributed by atoms with Gasteiger partial charge in [-0.05, 0) is 5.75 Å². The van der Waals surface area contributed by atoms with E-state index in [1.165, 1.54) is 6.33 Å². The molecule has 2 N–H and O–H groups in total. The van der Waals surface area contributed by atoms with Crippen molar-refractivity contribution in [2.45, 2.75) is 6.92 Å². The lowest BCUT2D eigenvalue weighted by Gasteiger charge is -1.95. The summed E-state index contributed by atoms with van der Waals surface area (Å²) in [5.74, 6) is -0.585. The van der Waals surface area contributed by atoms with Crippen LogP contribution in [-0.4, -0.2) is 31.9 Å². The second-order valence-corrected chi connectivity index (χ2v) is 3.39. The minimum absolute atomic E-state index is 0.0550. The van der Waals surface area contributed by atoms with Gasteiger partial charge in [0.15, 0.2) is 5.69 Å². The number of aromatic carboxylic acids is 1. The van der Waals surface area contributed by atoms with Crippen LogP contribution >= 0.6 is 11.8 Å². The molecule has 5 nitrogen and oxygen atoms in total. The van der Waals surface area contributed by atoms with Gasteiger partial charge in [0.25, 0.3) is 0 Å². The average Bonchev–Trinajstić information content (AvgIpc) is 2.52. The van der Waals surface area contributed by atoms with Crippen molar-refractivity contribution in [2.75, 3.05) is 5.75 Å². The van der Waals surface area contributed by atoms with E-state index >= 15 is 0 Å². The van der Waals surface area contributed by atoms with Gasteiger partial charge in [0.1, 0.15) is 5.69 Å². The second kappa shape index (κ2) is 4.08. The van der Waals surface area contributed by atoms with E-state index in [0.717, 1.165) is 11.8 Å². The lowest BCUT2D eigenvalue weighted by molar-refractivity contribution is 0.0687. The number of nitrogens with one attached hydrogen (secondary N) is 1. The fourth-order valence-corrected chi connectivity index (χ4v) is 1.38. The molecule has 0 aliphatic heterocycles. The number of imidazole rings is 1. The van der Waals surface area contributed by atoms with Gasteiger partial charge in [-0.15, -0.1) is 0 Å². The molecule has 0 saturated carbocycles. The third kappa shape index (κ3) is 2.09. The highest BCUT2D eigenvalue weighted by molar-refractivity contribution is 8.14. The summed E-state index contributed by atoms with van der Waals surface area (Å²) in [5.41, 5.74) is -0.162. The maximum atomic E-state index is 11.3. The topological polar surface area (TPSA) is 83.0 Å². The molecule has 0 radical (unpaired) electrons. The summed E-state index contributed by atoms with van der Waals surface area (Å²) >= 11 is 1.05. The van der Waals surface area contributed by atoms with Gasteiger partial charge < -0.3 is 10.1 Å². The summed E-state index contributed by atoms with van der Waals surface area (Å²) < 4.78 is 0. The Balaban J connectivity index is 2.93. The molecule has 0 aromatic carbocycles. The fraction of sp³-hybridized carbons (Fsp3) is 0.286. The van der Waals surface area contributed by atoms with Crippen LogP contribution in [0, 0.1) is 0 Å². The Morgan fingerprint density at radius 3 is 2.92 bits per heavy atom. The van der Waals surface area contributed by atoms with Crippen LogP contribution in [0.15, 0.2) is 6.33 Å². The highest BCUT2D eigenvalue weighted by atomic mass is 32.2. The highest BCUT2D eigenvalue weighted by Gasteiger charge is 2.18. The van der Waals surface area contributed by atoms with Crippen LogP contribution in [0.25, 0.3) is 0 Å². The minimum atomic E-state index is -1.19. The summed E-state index contributed by atoms with van der Waals surface area (Å²) in [7, 11) is 0. The van der Waals surface area contributed by atoms with Crippen molar-refractivity contribution in [3.63, 3.8) is 0 Å². The molecule has 0 spiro atoms. The van der Waals surface area contributed by atoms with Crippen molar-refractivity contribution < 1.29 is 14.7 Å². The van der Waals surface area contributed by atoms with E-state index < -0.39 is 5.97 Å². The van der Waals surface area contributed by atoms with Crippen LogP contribution in [0.3, 0.4) is 0 Å². The molecule has 0 fully saturated rings. The summed E-state index contributed by atoms with van der Waals surface area (Å²) in [6.07, 6.45) is 1.20. The number of hydrogen-bond donors (Lipinski definition) is 2. The highest BCUT2D eigenvalue weighted by Crippen LogP contribution is 2.12. The average molecular weight is 200 g/mol. The van der Waals surface area contributed by atoms with Crippen LogP contribution < -0.4 is 0 Å². The largest absolute Gasteiger partial charge is 0.476 e. The van der Waals surface area contributed by atoms with Crippen molar-refractivity contribution in [2.24, 2.45) is 0 Å². The molecule has 1 aromatic heterocycles. The van der Waals surface area contributed by atoms with Gasteiger partial charge in [0.05, 0.1) is 6.33 Å². The van der Waals surface area contributed by atoms with Gasteiger partial charge >= 0.3 is 5.97 Å². The summed E-state index contributed by atoms with van der Waals surface area (Å²) in [6, 6.07) is 0. The maximum Gasteiger partial charge on any atom is 0.356 e. The summed E-state index contributed by atoms with van der Waals surface area (Å²) in [5, 5.41) is 8.33. The predicted molar refractivity (Wildman–Crippen MR) is 48.0 cm³/mol. The Hall–Kier alpha value is -1.30. The molecule has 6 heteroatoms.